The number of nitrogens with one attached hydrogen (secondary N) is 1. The minimum atomic E-state index is -0.807. The van der Waals surface area contributed by atoms with E-state index in [1.165, 1.54) is 0 Å². The van der Waals surface area contributed by atoms with E-state index < -0.39 is 5.54 Å². The van der Waals surface area contributed by atoms with E-state index in [-0.39, 0.29) is 11.9 Å². The predicted molar refractivity (Wildman–Crippen MR) is 76.5 cm³/mol. The third-order valence-electron chi connectivity index (χ3n) is 3.80. The van der Waals surface area contributed by atoms with Crippen molar-refractivity contribution >= 4 is 5.91 Å². The zero-order valence-electron chi connectivity index (χ0n) is 12.0. The van der Waals surface area contributed by atoms with Crippen molar-refractivity contribution in [2.24, 2.45) is 5.73 Å². The van der Waals surface area contributed by atoms with Crippen molar-refractivity contribution in [1.82, 2.24) is 5.32 Å². The van der Waals surface area contributed by atoms with Gasteiger partial charge in [-0.05, 0) is 37.5 Å². The van der Waals surface area contributed by atoms with Gasteiger partial charge < -0.3 is 20.5 Å². The van der Waals surface area contributed by atoms with Crippen molar-refractivity contribution in [3.8, 4) is 5.75 Å². The molecule has 1 unspecified atom stereocenters. The SMILES string of the molecule is COc1ccc(C(C)NC(=O)C2(N)CCOCC2)cc1. The lowest BCUT2D eigenvalue weighted by atomic mass is 9.90. The Balaban J connectivity index is 1.99. The van der Waals surface area contributed by atoms with E-state index in [1.807, 2.05) is 31.2 Å². The molecule has 3 N–H and O–H groups in total. The minimum absolute atomic E-state index is 0.0864. The number of hydrogen-bond donors (Lipinski definition) is 2. The van der Waals surface area contributed by atoms with E-state index in [0.717, 1.165) is 11.3 Å². The molecular formula is C15H22N2O3. The summed E-state index contributed by atoms with van der Waals surface area (Å²) in [5.41, 5.74) is 6.38. The van der Waals surface area contributed by atoms with Gasteiger partial charge in [0.15, 0.2) is 0 Å². The summed E-state index contributed by atoms with van der Waals surface area (Å²) < 4.78 is 10.4. The van der Waals surface area contributed by atoms with Gasteiger partial charge in [0.1, 0.15) is 5.75 Å². The fourth-order valence-corrected chi connectivity index (χ4v) is 2.28. The van der Waals surface area contributed by atoms with Crippen LogP contribution in [0.5, 0.6) is 5.75 Å². The number of amides is 1. The summed E-state index contributed by atoms with van der Waals surface area (Å²) in [5, 5.41) is 2.98. The lowest BCUT2D eigenvalue weighted by Gasteiger charge is -2.33. The Morgan fingerprint density at radius 2 is 1.95 bits per heavy atom. The maximum absolute atomic E-state index is 12.3. The maximum Gasteiger partial charge on any atom is 0.240 e. The van der Waals surface area contributed by atoms with Crippen LogP contribution in [0.15, 0.2) is 24.3 Å². The van der Waals surface area contributed by atoms with Gasteiger partial charge in [0, 0.05) is 13.2 Å². The molecular weight excluding hydrogens is 256 g/mol. The standard InChI is InChI=1S/C15H22N2O3/c1-11(12-3-5-13(19-2)6-4-12)17-14(18)15(16)7-9-20-10-8-15/h3-6,11H,7-10,16H2,1-2H3,(H,17,18). The molecule has 1 aliphatic heterocycles. The molecule has 1 saturated heterocycles. The Hall–Kier alpha value is -1.59. The van der Waals surface area contributed by atoms with E-state index in [1.54, 1.807) is 7.11 Å². The highest BCUT2D eigenvalue weighted by Crippen LogP contribution is 2.21. The first-order valence-corrected chi connectivity index (χ1v) is 6.87. The maximum atomic E-state index is 12.3. The number of carbonyl (C=O) groups is 1. The number of nitrogens with two attached hydrogens (primary N) is 1. The summed E-state index contributed by atoms with van der Waals surface area (Å²) >= 11 is 0. The third-order valence-corrected chi connectivity index (χ3v) is 3.80. The van der Waals surface area contributed by atoms with E-state index in [0.29, 0.717) is 26.1 Å². The third kappa shape index (κ3) is 3.29. The summed E-state index contributed by atoms with van der Waals surface area (Å²) in [6.07, 6.45) is 1.13. The molecule has 5 heteroatoms. The van der Waals surface area contributed by atoms with Crippen LogP contribution >= 0.6 is 0 Å². The van der Waals surface area contributed by atoms with E-state index in [2.05, 4.69) is 5.32 Å². The molecule has 1 aliphatic rings. The summed E-state index contributed by atoms with van der Waals surface area (Å²) in [4.78, 5) is 12.3. The van der Waals surface area contributed by atoms with Crippen molar-refractivity contribution in [2.45, 2.75) is 31.3 Å². The van der Waals surface area contributed by atoms with Crippen molar-refractivity contribution in [2.75, 3.05) is 20.3 Å². The first-order chi connectivity index (χ1) is 9.55. The van der Waals surface area contributed by atoms with Crippen LogP contribution < -0.4 is 15.8 Å². The second-order valence-electron chi connectivity index (χ2n) is 5.24. The Morgan fingerprint density at radius 3 is 2.50 bits per heavy atom. The van der Waals surface area contributed by atoms with E-state index in [4.69, 9.17) is 15.2 Å². The number of hydrogen-bond acceptors (Lipinski definition) is 4. The summed E-state index contributed by atoms with van der Waals surface area (Å²) in [6.45, 7) is 3.03. The zero-order chi connectivity index (χ0) is 14.6. The molecule has 1 aromatic rings. The fraction of sp³-hybridized carbons (Fsp3) is 0.533. The van der Waals surface area contributed by atoms with E-state index in [9.17, 15) is 4.79 Å². The Kier molecular flexibility index (Phi) is 4.62. The number of carbonyl (C=O) groups excluding carboxylic acids is 1. The molecule has 0 saturated carbocycles. The van der Waals surface area contributed by atoms with Gasteiger partial charge in [-0.2, -0.15) is 0 Å². The molecule has 1 amide bonds. The average Bonchev–Trinajstić information content (AvgIpc) is 2.48. The molecule has 0 aliphatic carbocycles. The van der Waals surface area contributed by atoms with Crippen LogP contribution in [0.1, 0.15) is 31.4 Å². The fourth-order valence-electron chi connectivity index (χ4n) is 2.28. The molecule has 1 heterocycles. The van der Waals surface area contributed by atoms with Gasteiger partial charge in [0.25, 0.3) is 0 Å². The number of methoxy groups -OCH3 is 1. The molecule has 0 radical (unpaired) electrons. The number of rotatable bonds is 4. The molecule has 0 spiro atoms. The van der Waals surface area contributed by atoms with Crippen LogP contribution in [0, 0.1) is 0 Å². The average molecular weight is 278 g/mol. The summed E-state index contributed by atoms with van der Waals surface area (Å²) in [6, 6.07) is 7.56. The largest absolute Gasteiger partial charge is 0.497 e. The van der Waals surface area contributed by atoms with Crippen molar-refractivity contribution in [3.05, 3.63) is 29.8 Å². The topological polar surface area (TPSA) is 73.6 Å². The highest BCUT2D eigenvalue weighted by molar-refractivity contribution is 5.86. The molecule has 5 nitrogen and oxygen atoms in total. The van der Waals surface area contributed by atoms with Crippen molar-refractivity contribution in [3.63, 3.8) is 0 Å². The molecule has 1 atom stereocenters. The van der Waals surface area contributed by atoms with Gasteiger partial charge in [-0.3, -0.25) is 4.79 Å². The normalized spacial score (nSPS) is 19.1. The van der Waals surface area contributed by atoms with Gasteiger partial charge in [0.05, 0.1) is 18.7 Å². The lowest BCUT2D eigenvalue weighted by Crippen LogP contribution is -2.57. The van der Waals surface area contributed by atoms with Gasteiger partial charge in [-0.15, -0.1) is 0 Å². The molecule has 0 aromatic heterocycles. The highest BCUT2D eigenvalue weighted by Gasteiger charge is 2.36. The van der Waals surface area contributed by atoms with Crippen molar-refractivity contribution < 1.29 is 14.3 Å². The Morgan fingerprint density at radius 1 is 1.35 bits per heavy atom. The lowest BCUT2D eigenvalue weighted by molar-refractivity contribution is -0.130. The van der Waals surface area contributed by atoms with Crippen LogP contribution in [-0.4, -0.2) is 31.8 Å². The highest BCUT2D eigenvalue weighted by atomic mass is 16.5. The second kappa shape index (κ2) is 6.24. The monoisotopic (exact) mass is 278 g/mol. The second-order valence-corrected chi connectivity index (χ2v) is 5.24. The van der Waals surface area contributed by atoms with Crippen LogP contribution in [0.4, 0.5) is 0 Å². The van der Waals surface area contributed by atoms with E-state index >= 15 is 0 Å². The number of benzene rings is 1. The van der Waals surface area contributed by atoms with Crippen LogP contribution in [-0.2, 0) is 9.53 Å². The molecule has 2 rings (SSSR count). The van der Waals surface area contributed by atoms with Crippen LogP contribution in [0.25, 0.3) is 0 Å². The van der Waals surface area contributed by atoms with Crippen molar-refractivity contribution in [1.29, 1.82) is 0 Å². The van der Waals surface area contributed by atoms with Crippen LogP contribution in [0.3, 0.4) is 0 Å². The molecule has 110 valence electrons. The number of ether oxygens (including phenoxy) is 2. The van der Waals surface area contributed by atoms with Gasteiger partial charge in [-0.25, -0.2) is 0 Å². The first kappa shape index (κ1) is 14.8. The predicted octanol–water partition coefficient (Wildman–Crippen LogP) is 1.38. The molecule has 1 aromatic carbocycles. The summed E-state index contributed by atoms with van der Waals surface area (Å²) in [7, 11) is 1.63. The zero-order valence-corrected chi connectivity index (χ0v) is 12.0. The van der Waals surface area contributed by atoms with Crippen LogP contribution in [0.2, 0.25) is 0 Å². The minimum Gasteiger partial charge on any atom is -0.497 e. The Labute approximate surface area is 119 Å². The quantitative estimate of drug-likeness (QED) is 0.872. The van der Waals surface area contributed by atoms with Gasteiger partial charge >= 0.3 is 0 Å². The van der Waals surface area contributed by atoms with Gasteiger partial charge in [-0.1, -0.05) is 12.1 Å². The molecule has 20 heavy (non-hydrogen) atoms. The first-order valence-electron chi connectivity index (χ1n) is 6.87. The molecule has 0 bridgehead atoms. The molecule has 1 fully saturated rings. The smallest absolute Gasteiger partial charge is 0.240 e. The Bertz CT molecular complexity index is 453. The van der Waals surface area contributed by atoms with Gasteiger partial charge in [0.2, 0.25) is 5.91 Å². The summed E-state index contributed by atoms with van der Waals surface area (Å²) in [5.74, 6) is 0.691.